The number of nitrogens with one attached hydrogen (secondary N) is 7. The summed E-state index contributed by atoms with van der Waals surface area (Å²) in [6, 6.07) is 21.7. The Hall–Kier alpha value is -5.39. The first-order valence-corrected chi connectivity index (χ1v) is 34.7. The van der Waals surface area contributed by atoms with Crippen molar-refractivity contribution in [3.63, 3.8) is 0 Å². The zero-order valence-corrected chi connectivity index (χ0v) is 60.0. The summed E-state index contributed by atoms with van der Waals surface area (Å²) in [5.41, 5.74) is 9.64. The number of methoxy groups -OCH3 is 4. The van der Waals surface area contributed by atoms with Crippen LogP contribution in [-0.2, 0) is 42.9 Å². The van der Waals surface area contributed by atoms with Gasteiger partial charge >= 0.3 is 11.8 Å². The van der Waals surface area contributed by atoms with Crippen LogP contribution in [-0.4, -0.2) is 123 Å². The molecule has 1 atom stereocenters. The van der Waals surface area contributed by atoms with Crippen LogP contribution < -0.4 is 42.5 Å². The van der Waals surface area contributed by atoms with Crippen LogP contribution in [0.5, 0.6) is 0 Å². The summed E-state index contributed by atoms with van der Waals surface area (Å²) in [6.45, 7) is 0.888. The minimum atomic E-state index is -0.821. The molecule has 23 nitrogen and oxygen atoms in total. The summed E-state index contributed by atoms with van der Waals surface area (Å²) in [6.07, 6.45) is 24.0. The molecule has 4 saturated carbocycles. The Kier molecular flexibility index (Phi) is 42.9. The van der Waals surface area contributed by atoms with Gasteiger partial charge < -0.3 is 56.6 Å². The van der Waals surface area contributed by atoms with Gasteiger partial charge in [-0.15, -0.1) is 0 Å². The van der Waals surface area contributed by atoms with Crippen LogP contribution in [0.1, 0.15) is 156 Å². The van der Waals surface area contributed by atoms with E-state index in [-0.39, 0.29) is 55.4 Å². The van der Waals surface area contributed by atoms with Gasteiger partial charge in [-0.05, 0) is 201 Å². The molecule has 4 aromatic carbocycles. The highest BCUT2D eigenvalue weighted by Gasteiger charge is 2.28. The van der Waals surface area contributed by atoms with Gasteiger partial charge in [0, 0.05) is 102 Å². The van der Waals surface area contributed by atoms with Gasteiger partial charge in [-0.3, -0.25) is 34.6 Å². The molecule has 10 rings (SSSR count). The topological polar surface area (TPSA) is 319 Å². The zero-order chi connectivity index (χ0) is 68.2. The molecule has 9 N–H and O–H groups in total. The van der Waals surface area contributed by atoms with Crippen molar-refractivity contribution in [1.29, 1.82) is 0 Å². The van der Waals surface area contributed by atoms with Gasteiger partial charge in [0.1, 0.15) is 11.7 Å². The molecular formula is C66H96Br4ClFN10O13. The quantitative estimate of drug-likeness (QED) is 0.0237. The summed E-state index contributed by atoms with van der Waals surface area (Å²) < 4.78 is 37.0. The Balaban J connectivity index is 0.000000400. The predicted molar refractivity (Wildman–Crippen MR) is 386 cm³/mol. The number of hydrogen-bond donors (Lipinski definition) is 8. The van der Waals surface area contributed by atoms with Gasteiger partial charge in [-0.25, -0.2) is 4.84 Å². The second kappa shape index (κ2) is 47.5. The number of carbonyl (C=O) groups excluding carboxylic acids is 5. The summed E-state index contributed by atoms with van der Waals surface area (Å²) in [5.74, 6) is -0.828. The number of rotatable bonds is 15. The average molecular weight is 1610 g/mol. The number of halogens is 6. The molecule has 0 spiro atoms. The highest BCUT2D eigenvalue weighted by molar-refractivity contribution is 9.11. The van der Waals surface area contributed by atoms with Gasteiger partial charge in [0.05, 0.1) is 57.0 Å². The molecule has 95 heavy (non-hydrogen) atoms. The fraction of sp³-hybridized carbons (Fsp3) is 0.576. The minimum absolute atomic E-state index is 0. The first kappa shape index (κ1) is 85.7. The lowest BCUT2D eigenvalue weighted by Gasteiger charge is -2.30. The molecule has 2 aliphatic heterocycles. The molecular weight excluding hydrogens is 1510 g/mol. The summed E-state index contributed by atoms with van der Waals surface area (Å²) in [5, 5.41) is 40.0. The van der Waals surface area contributed by atoms with E-state index >= 15 is 0 Å². The molecule has 0 radical (unpaired) electrons. The maximum Gasteiger partial charge on any atom is 0.373 e. The molecule has 2 saturated heterocycles. The van der Waals surface area contributed by atoms with E-state index in [1.54, 1.807) is 34.5 Å². The summed E-state index contributed by atoms with van der Waals surface area (Å²) in [7, 11) is 7.08. The number of nitro benzene ring substituents is 2. The van der Waals surface area contributed by atoms with Crippen molar-refractivity contribution >= 4 is 139 Å². The fourth-order valence-electron chi connectivity index (χ4n) is 11.2. The lowest BCUT2D eigenvalue weighted by molar-refractivity contribution is -0.387. The van der Waals surface area contributed by atoms with Crippen molar-refractivity contribution in [3.8, 4) is 0 Å². The maximum atomic E-state index is 12.6. The fourth-order valence-corrected chi connectivity index (χ4v) is 12.8. The van der Waals surface area contributed by atoms with Gasteiger partial charge in [0.15, 0.2) is 0 Å². The van der Waals surface area contributed by atoms with E-state index < -0.39 is 22.5 Å². The number of nitrogens with zero attached hydrogens (tertiary/aromatic N) is 2. The second-order valence-corrected chi connectivity index (χ2v) is 26.8. The average Bonchev–Trinajstić information content (AvgIpc) is 1.13. The molecule has 0 bridgehead atoms. The number of anilines is 5. The van der Waals surface area contributed by atoms with Crippen LogP contribution in [0.25, 0.3) is 0 Å². The Bertz CT molecular complexity index is 2970. The molecule has 0 unspecified atom stereocenters. The summed E-state index contributed by atoms with van der Waals surface area (Å²) in [4.78, 5) is 73.5. The van der Waals surface area contributed by atoms with E-state index in [1.807, 2.05) is 42.5 Å². The van der Waals surface area contributed by atoms with E-state index in [4.69, 9.17) is 46.0 Å². The summed E-state index contributed by atoms with van der Waals surface area (Å²) >= 11 is 18.6. The number of benzene rings is 4. The monoisotopic (exact) mass is 1610 g/mol. The Morgan fingerprint density at radius 3 is 1.33 bits per heavy atom. The lowest BCUT2D eigenvalue weighted by Crippen LogP contribution is -2.46. The molecule has 0 aromatic heterocycles. The zero-order valence-electron chi connectivity index (χ0n) is 52.9. The van der Waals surface area contributed by atoms with Gasteiger partial charge in [0.2, 0.25) is 23.5 Å². The third kappa shape index (κ3) is 32.7. The van der Waals surface area contributed by atoms with Crippen molar-refractivity contribution in [1.82, 2.24) is 15.5 Å². The number of nitrogen functional groups attached to an aromatic ring is 1. The number of hydrogen-bond acceptors (Lipinski definition) is 18. The Morgan fingerprint density at radius 2 is 0.937 bits per heavy atom. The third-order valence-electron chi connectivity index (χ3n) is 16.5. The lowest BCUT2D eigenvalue weighted by atomic mass is 9.92. The van der Waals surface area contributed by atoms with Gasteiger partial charge in [-0.1, -0.05) is 78.6 Å². The number of nitrogens with two attached hydrogens (primary N) is 1. The Morgan fingerprint density at radius 1 is 0.547 bits per heavy atom. The highest BCUT2D eigenvalue weighted by atomic mass is 79.9. The van der Waals surface area contributed by atoms with Crippen LogP contribution in [0.15, 0.2) is 90.7 Å². The first-order valence-electron chi connectivity index (χ1n) is 31.1. The maximum absolute atomic E-state index is 12.6. The van der Waals surface area contributed by atoms with Crippen LogP contribution >= 0.6 is 75.5 Å². The molecule has 4 aliphatic carbocycles. The van der Waals surface area contributed by atoms with Gasteiger partial charge in [0.25, 0.3) is 5.69 Å². The van der Waals surface area contributed by atoms with Crippen molar-refractivity contribution in [2.24, 2.45) is 0 Å². The Labute approximate surface area is 597 Å². The van der Waals surface area contributed by atoms with Crippen LogP contribution in [0, 0.1) is 26.0 Å². The van der Waals surface area contributed by atoms with Crippen LogP contribution in [0.3, 0.4) is 0 Å². The number of piperidine rings is 2. The predicted octanol–water partition coefficient (Wildman–Crippen LogP) is 15.7. The molecule has 530 valence electrons. The number of ether oxygens (including phenoxy) is 4. The van der Waals surface area contributed by atoms with Crippen molar-refractivity contribution in [2.45, 2.75) is 211 Å². The number of nitro groups is 2. The van der Waals surface area contributed by atoms with Crippen molar-refractivity contribution in [3.05, 3.63) is 117 Å². The van der Waals surface area contributed by atoms with E-state index in [2.05, 4.69) is 100 Å². The third-order valence-corrected chi connectivity index (χ3v) is 18.8. The minimum Gasteiger partial charge on any atom is -0.397 e. The smallest absolute Gasteiger partial charge is 0.373 e. The normalized spacial score (nSPS) is 22.5. The van der Waals surface area contributed by atoms with E-state index in [0.29, 0.717) is 70.0 Å². The molecule has 4 aromatic rings. The number of carbonyl (C=O) groups is 3. The molecule has 2 heterocycles. The van der Waals surface area contributed by atoms with E-state index in [1.165, 1.54) is 12.1 Å². The molecule has 6 fully saturated rings. The second-order valence-electron chi connectivity index (χ2n) is 23.0. The SMILES string of the molecule is C.C.COC1CCC(NCl)CC1.COC1CCC(Nc2ccc(Br)cc2N)CC1.COC1CCC(Nc2ccc(Br)cc2NC(=O)[C@@H]2CCCC(=O)N2)CC1.COC1CCC(Nc2ccc(Br)cc2[N+](=O)[O-])CC1.O=C1CCCCN1.O=C=O.O=[N+]([O-])c1cc(Br)ccc1F. The molecule has 6 aliphatic rings. The molecule has 3 amide bonds. The van der Waals surface area contributed by atoms with Crippen molar-refractivity contribution in [2.75, 3.05) is 62.0 Å². The first-order chi connectivity index (χ1) is 44.6. The van der Waals surface area contributed by atoms with E-state index in [9.17, 15) is 39.0 Å². The highest BCUT2D eigenvalue weighted by Crippen LogP contribution is 2.34. The number of amides is 3. The van der Waals surface area contributed by atoms with Crippen LogP contribution in [0.4, 0.5) is 44.2 Å². The van der Waals surface area contributed by atoms with E-state index in [0.717, 1.165) is 179 Å². The molecule has 29 heteroatoms. The van der Waals surface area contributed by atoms with Crippen molar-refractivity contribution < 1.29 is 57.2 Å². The largest absolute Gasteiger partial charge is 0.397 e. The van der Waals surface area contributed by atoms with Crippen LogP contribution in [0.2, 0.25) is 0 Å². The van der Waals surface area contributed by atoms with Gasteiger partial charge in [-0.2, -0.15) is 14.0 Å². The standard InChI is InChI=1S/C19H26BrN3O3.C13H17BrN2O3.C13H19BrN2O.C7H14ClNO.C6H3BrFNO2.C5H9NO.CO2.2CH4/c1-26-14-8-6-13(7-9-14)21-15-10-5-12(20)11-17(15)23-19(25)16-3-2-4-18(24)22-16;1-19-11-5-3-10(4-6-11)15-12-7-2-9(14)8-13(12)16(17)18;1-17-11-5-3-10(4-6-11)16-13-7-2-9(14)8-12(13)15;1-10-7-4-2-6(9-8)3-5-7;7-4-1-2-5(8)6(3-4)9(10)11;7-5-3-1-2-4-6-5;2-1-3;;/h5,10-11,13-14,16,21H,2-4,6-9H2,1H3,(H,22,24)(H,23,25);2,7-8,10-11,15H,3-6H2,1H3;2,7-8,10-11,16H,3-6,15H2,1H3;6-7,9H,2-5H2,1H3;1-3H;1-4H2,(H,6,7);;2*1H4/t13?,14?,16-;;;;;;;;/m0......../s1.